The van der Waals surface area contributed by atoms with Crippen molar-refractivity contribution in [3.63, 3.8) is 0 Å². The second-order valence-electron chi connectivity index (χ2n) is 4.43. The van der Waals surface area contributed by atoms with E-state index in [0.29, 0.717) is 21.5 Å². The van der Waals surface area contributed by atoms with Crippen LogP contribution in [-0.4, -0.2) is 19.0 Å². The number of rotatable bonds is 3. The molecule has 108 valence electrons. The average Bonchev–Trinajstić information content (AvgIpc) is 2.98. The van der Waals surface area contributed by atoms with Crippen LogP contribution in [-0.2, 0) is 0 Å². The molecule has 0 saturated carbocycles. The molecule has 6 heteroatoms. The van der Waals surface area contributed by atoms with Crippen molar-refractivity contribution in [2.45, 2.75) is 0 Å². The Balaban J connectivity index is 1.88. The highest BCUT2D eigenvalue weighted by Crippen LogP contribution is 2.38. The van der Waals surface area contributed by atoms with Gasteiger partial charge >= 0.3 is 0 Å². The number of hydrogen-bond acceptors (Lipinski definition) is 4. The van der Waals surface area contributed by atoms with Gasteiger partial charge < -0.3 is 15.4 Å². The molecule has 1 heterocycles. The highest BCUT2D eigenvalue weighted by atomic mass is 35.5. The number of benzene rings is 2. The van der Waals surface area contributed by atoms with Gasteiger partial charge in [0, 0.05) is 6.54 Å². The van der Waals surface area contributed by atoms with Gasteiger partial charge in [-0.05, 0) is 24.3 Å². The Labute approximate surface area is 132 Å². The van der Waals surface area contributed by atoms with E-state index >= 15 is 0 Å². The summed E-state index contributed by atoms with van der Waals surface area (Å²) >= 11 is 12.3. The summed E-state index contributed by atoms with van der Waals surface area (Å²) in [6.45, 7) is 1.60. The van der Waals surface area contributed by atoms with Gasteiger partial charge in [0.05, 0.1) is 22.3 Å². The third kappa shape index (κ3) is 3.23. The van der Waals surface area contributed by atoms with Gasteiger partial charge in [-0.25, -0.2) is 0 Å². The van der Waals surface area contributed by atoms with E-state index in [9.17, 15) is 0 Å². The number of guanidine groups is 1. The molecule has 0 amide bonds. The second-order valence-corrected chi connectivity index (χ2v) is 5.25. The quantitative estimate of drug-likeness (QED) is 0.892. The summed E-state index contributed by atoms with van der Waals surface area (Å²) in [5, 5.41) is 7.28. The SMILES string of the molecule is Clc1cccc(Cl)c1Oc1ccccc1NC1=NCCN1. The zero-order valence-electron chi connectivity index (χ0n) is 11.1. The number of aliphatic imine (C=N–C) groups is 1. The van der Waals surface area contributed by atoms with Crippen LogP contribution < -0.4 is 15.4 Å². The summed E-state index contributed by atoms with van der Waals surface area (Å²) in [5.74, 6) is 1.80. The maximum atomic E-state index is 6.14. The lowest BCUT2D eigenvalue weighted by atomic mass is 10.3. The Hall–Kier alpha value is -1.91. The van der Waals surface area contributed by atoms with Gasteiger partial charge in [-0.15, -0.1) is 0 Å². The Morgan fingerprint density at radius 1 is 1.05 bits per heavy atom. The van der Waals surface area contributed by atoms with Crippen LogP contribution in [0.3, 0.4) is 0 Å². The van der Waals surface area contributed by atoms with Gasteiger partial charge in [-0.3, -0.25) is 4.99 Å². The number of nitrogens with one attached hydrogen (secondary N) is 2. The standard InChI is InChI=1S/C15H13Cl2N3O/c16-10-4-3-5-11(17)14(10)21-13-7-2-1-6-12(13)20-15-18-8-9-19-15/h1-7H,8-9H2,(H2,18,19,20). The highest BCUT2D eigenvalue weighted by Gasteiger charge is 2.12. The first-order valence-electron chi connectivity index (χ1n) is 6.50. The molecule has 3 rings (SSSR count). The first-order valence-corrected chi connectivity index (χ1v) is 7.26. The molecule has 0 unspecified atom stereocenters. The number of para-hydroxylation sites is 3. The zero-order chi connectivity index (χ0) is 14.7. The molecule has 0 aromatic heterocycles. The highest BCUT2D eigenvalue weighted by molar-refractivity contribution is 6.37. The zero-order valence-corrected chi connectivity index (χ0v) is 12.6. The van der Waals surface area contributed by atoms with Crippen molar-refractivity contribution in [1.82, 2.24) is 5.32 Å². The maximum Gasteiger partial charge on any atom is 0.196 e. The minimum Gasteiger partial charge on any atom is -0.452 e. The summed E-state index contributed by atoms with van der Waals surface area (Å²) in [6, 6.07) is 12.8. The average molecular weight is 322 g/mol. The molecule has 4 nitrogen and oxygen atoms in total. The predicted molar refractivity (Wildman–Crippen MR) is 86.9 cm³/mol. The molecule has 2 aromatic rings. The number of ether oxygens (including phenoxy) is 1. The number of hydrogen-bond donors (Lipinski definition) is 2. The molecule has 1 aliphatic heterocycles. The minimum atomic E-state index is 0.441. The van der Waals surface area contributed by atoms with E-state index in [0.717, 1.165) is 24.7 Å². The van der Waals surface area contributed by atoms with Gasteiger partial charge in [0.1, 0.15) is 0 Å². The molecule has 2 aromatic carbocycles. The van der Waals surface area contributed by atoms with Crippen LogP contribution >= 0.6 is 23.2 Å². The van der Waals surface area contributed by atoms with Crippen LogP contribution in [0.25, 0.3) is 0 Å². The van der Waals surface area contributed by atoms with E-state index in [1.54, 1.807) is 18.2 Å². The van der Waals surface area contributed by atoms with Crippen molar-refractivity contribution in [1.29, 1.82) is 0 Å². The van der Waals surface area contributed by atoms with Crippen LogP contribution in [0, 0.1) is 0 Å². The van der Waals surface area contributed by atoms with Crippen LogP contribution in [0.5, 0.6) is 11.5 Å². The molecule has 1 aliphatic rings. The van der Waals surface area contributed by atoms with E-state index in [-0.39, 0.29) is 0 Å². The fraction of sp³-hybridized carbons (Fsp3) is 0.133. The van der Waals surface area contributed by atoms with Crippen molar-refractivity contribution >= 4 is 34.8 Å². The molecule has 21 heavy (non-hydrogen) atoms. The van der Waals surface area contributed by atoms with Crippen molar-refractivity contribution in [3.05, 3.63) is 52.5 Å². The van der Waals surface area contributed by atoms with Crippen molar-refractivity contribution in [2.24, 2.45) is 4.99 Å². The molecule has 0 fully saturated rings. The summed E-state index contributed by atoms with van der Waals surface area (Å²) < 4.78 is 5.87. The van der Waals surface area contributed by atoms with E-state index in [2.05, 4.69) is 15.6 Å². The molecule has 2 N–H and O–H groups in total. The first kappa shape index (κ1) is 14.0. The fourth-order valence-electron chi connectivity index (χ4n) is 1.96. The van der Waals surface area contributed by atoms with Gasteiger partial charge in [0.15, 0.2) is 17.5 Å². The monoisotopic (exact) mass is 321 g/mol. The molecule has 0 bridgehead atoms. The van der Waals surface area contributed by atoms with Crippen molar-refractivity contribution in [2.75, 3.05) is 18.4 Å². The van der Waals surface area contributed by atoms with E-state index in [1.807, 2.05) is 24.3 Å². The fourth-order valence-corrected chi connectivity index (χ4v) is 2.43. The second kappa shape index (κ2) is 6.24. The van der Waals surface area contributed by atoms with E-state index in [1.165, 1.54) is 0 Å². The maximum absolute atomic E-state index is 6.14. The minimum absolute atomic E-state index is 0.441. The molecule has 0 aliphatic carbocycles. The Morgan fingerprint density at radius 3 is 2.52 bits per heavy atom. The Bertz CT molecular complexity index is 668. The molecular weight excluding hydrogens is 309 g/mol. The lowest BCUT2D eigenvalue weighted by Crippen LogP contribution is -2.26. The van der Waals surface area contributed by atoms with Gasteiger partial charge in [-0.1, -0.05) is 41.4 Å². The van der Waals surface area contributed by atoms with Crippen LogP contribution in [0.2, 0.25) is 10.0 Å². The van der Waals surface area contributed by atoms with Gasteiger partial charge in [-0.2, -0.15) is 0 Å². The predicted octanol–water partition coefficient (Wildman–Crippen LogP) is 4.16. The third-order valence-corrected chi connectivity index (χ3v) is 3.54. The molecule has 0 radical (unpaired) electrons. The van der Waals surface area contributed by atoms with Crippen LogP contribution in [0.4, 0.5) is 5.69 Å². The van der Waals surface area contributed by atoms with Crippen molar-refractivity contribution in [3.8, 4) is 11.5 Å². The molecular formula is C15H13Cl2N3O. The Kier molecular flexibility index (Phi) is 4.18. The van der Waals surface area contributed by atoms with Gasteiger partial charge in [0.2, 0.25) is 0 Å². The lowest BCUT2D eigenvalue weighted by Gasteiger charge is -2.14. The normalized spacial score (nSPS) is 13.5. The number of anilines is 1. The third-order valence-electron chi connectivity index (χ3n) is 2.95. The van der Waals surface area contributed by atoms with Gasteiger partial charge in [0.25, 0.3) is 0 Å². The van der Waals surface area contributed by atoms with Crippen molar-refractivity contribution < 1.29 is 4.74 Å². The summed E-state index contributed by atoms with van der Waals surface area (Å²) in [5.41, 5.74) is 0.793. The molecule has 0 saturated heterocycles. The largest absolute Gasteiger partial charge is 0.452 e. The first-order chi connectivity index (χ1) is 10.2. The van der Waals surface area contributed by atoms with E-state index in [4.69, 9.17) is 27.9 Å². The molecule has 0 atom stereocenters. The molecule has 0 spiro atoms. The summed E-state index contributed by atoms with van der Waals surface area (Å²) in [7, 11) is 0. The smallest absolute Gasteiger partial charge is 0.196 e. The summed E-state index contributed by atoms with van der Waals surface area (Å²) in [6.07, 6.45) is 0. The number of nitrogens with zero attached hydrogens (tertiary/aromatic N) is 1. The van der Waals surface area contributed by atoms with Crippen LogP contribution in [0.1, 0.15) is 0 Å². The van der Waals surface area contributed by atoms with Crippen LogP contribution in [0.15, 0.2) is 47.5 Å². The topological polar surface area (TPSA) is 45.6 Å². The number of halogens is 2. The summed E-state index contributed by atoms with van der Waals surface area (Å²) in [4.78, 5) is 4.30. The Morgan fingerprint density at radius 2 is 1.81 bits per heavy atom. The van der Waals surface area contributed by atoms with E-state index < -0.39 is 0 Å². The lowest BCUT2D eigenvalue weighted by molar-refractivity contribution is 0.485.